The topological polar surface area (TPSA) is 89.9 Å². The van der Waals surface area contributed by atoms with Gasteiger partial charge in [0.05, 0.1) is 11.3 Å². The highest BCUT2D eigenvalue weighted by Crippen LogP contribution is 2.30. The number of anilines is 2. The number of nitrogens with one attached hydrogen (secondary N) is 1. The zero-order chi connectivity index (χ0) is 21.1. The summed E-state index contributed by atoms with van der Waals surface area (Å²) in [6.45, 7) is 5.04. The molecule has 2 aliphatic heterocycles. The predicted octanol–water partition coefficient (Wildman–Crippen LogP) is 3.56. The molecule has 0 aliphatic carbocycles. The quantitative estimate of drug-likeness (QED) is 0.672. The number of carboxylic acid groups (broad SMARTS) is 1. The fourth-order valence-corrected chi connectivity index (χ4v) is 6.47. The third-order valence-corrected chi connectivity index (χ3v) is 8.59. The van der Waals surface area contributed by atoms with Crippen LogP contribution in [0.4, 0.5) is 11.4 Å². The van der Waals surface area contributed by atoms with Gasteiger partial charge in [0.1, 0.15) is 4.21 Å². The average Bonchev–Trinajstić information content (AvgIpc) is 3.42. The van der Waals surface area contributed by atoms with Gasteiger partial charge in [-0.2, -0.15) is 0 Å². The lowest BCUT2D eigenvalue weighted by atomic mass is 9.96. The molecule has 0 saturated carbocycles. The number of carbonyl (C=O) groups is 1. The summed E-state index contributed by atoms with van der Waals surface area (Å²) in [5, 5.41) is 11.5. The van der Waals surface area contributed by atoms with Crippen molar-refractivity contribution in [2.45, 2.75) is 29.9 Å². The second-order valence-corrected chi connectivity index (χ2v) is 10.9. The molecule has 2 aliphatic rings. The Morgan fingerprint density at radius 3 is 2.67 bits per heavy atom. The molecule has 1 aromatic carbocycles. The van der Waals surface area contributed by atoms with Crippen molar-refractivity contribution in [1.29, 1.82) is 0 Å². The van der Waals surface area contributed by atoms with E-state index in [2.05, 4.69) is 14.5 Å². The number of hydrogen-bond donors (Lipinski definition) is 2. The number of hydrogen-bond acceptors (Lipinski definition) is 6. The fraction of sp³-hybridized carbons (Fsp3) is 0.476. The Morgan fingerprint density at radius 2 is 1.97 bits per heavy atom. The third kappa shape index (κ3) is 4.79. The zero-order valence-electron chi connectivity index (χ0n) is 16.8. The van der Waals surface area contributed by atoms with Gasteiger partial charge in [-0.1, -0.05) is 6.07 Å². The normalized spacial score (nSPS) is 20.4. The maximum absolute atomic E-state index is 12.5. The first-order chi connectivity index (χ1) is 14.4. The number of rotatable bonds is 7. The van der Waals surface area contributed by atoms with E-state index < -0.39 is 16.0 Å². The number of thiophene rings is 1. The smallest absolute Gasteiger partial charge is 0.337 e. The van der Waals surface area contributed by atoms with E-state index in [0.29, 0.717) is 11.6 Å². The van der Waals surface area contributed by atoms with Crippen molar-refractivity contribution in [2.24, 2.45) is 5.92 Å². The molecular formula is C21H27N3O4S2. The number of sulfonamides is 1. The highest BCUT2D eigenvalue weighted by molar-refractivity contribution is 7.94. The molecule has 162 valence electrons. The number of nitrogens with zero attached hydrogens (tertiary/aromatic N) is 2. The van der Waals surface area contributed by atoms with E-state index in [1.54, 1.807) is 23.6 Å². The summed E-state index contributed by atoms with van der Waals surface area (Å²) in [4.78, 5) is 16.6. The summed E-state index contributed by atoms with van der Waals surface area (Å²) in [6, 6.07) is 7.99. The van der Waals surface area contributed by atoms with Crippen LogP contribution >= 0.6 is 11.3 Å². The van der Waals surface area contributed by atoms with Crippen molar-refractivity contribution in [1.82, 2.24) is 4.90 Å². The van der Waals surface area contributed by atoms with Crippen LogP contribution in [-0.2, 0) is 10.0 Å². The standard InChI is InChI=1S/C21H27N3O4S2/c25-21(26)18-13-17(22-30(27,28)20-6-4-12-29-20)7-8-19(18)24-11-3-5-16(15-24)14-23-9-1-2-10-23/h4,6-8,12-13,16,22H,1-3,5,9-11,14-15H2,(H,25,26)/t16-/m0/s1. The van der Waals surface area contributed by atoms with E-state index in [1.165, 1.54) is 25.0 Å². The van der Waals surface area contributed by atoms with Crippen molar-refractivity contribution >= 4 is 38.7 Å². The van der Waals surface area contributed by atoms with Crippen LogP contribution in [-0.4, -0.2) is 57.1 Å². The van der Waals surface area contributed by atoms with Crippen molar-refractivity contribution in [2.75, 3.05) is 42.3 Å². The van der Waals surface area contributed by atoms with Gasteiger partial charge >= 0.3 is 5.97 Å². The molecular weight excluding hydrogens is 422 g/mol. The number of carboxylic acids is 1. The molecule has 2 N–H and O–H groups in total. The van der Waals surface area contributed by atoms with E-state index in [1.807, 2.05) is 0 Å². The summed E-state index contributed by atoms with van der Waals surface area (Å²) < 4.78 is 27.6. The van der Waals surface area contributed by atoms with Crippen LogP contribution in [0.25, 0.3) is 0 Å². The first-order valence-electron chi connectivity index (χ1n) is 10.3. The van der Waals surface area contributed by atoms with Gasteiger partial charge in [-0.15, -0.1) is 11.3 Å². The van der Waals surface area contributed by atoms with E-state index in [4.69, 9.17) is 0 Å². The number of likely N-dealkylation sites (tertiary alicyclic amines) is 1. The molecule has 0 unspecified atom stereocenters. The zero-order valence-corrected chi connectivity index (χ0v) is 18.4. The van der Waals surface area contributed by atoms with Crippen molar-refractivity contribution in [3.63, 3.8) is 0 Å². The Bertz CT molecular complexity index is 986. The molecule has 2 saturated heterocycles. The Morgan fingerprint density at radius 1 is 1.17 bits per heavy atom. The van der Waals surface area contributed by atoms with Crippen LogP contribution in [0.2, 0.25) is 0 Å². The monoisotopic (exact) mass is 449 g/mol. The summed E-state index contributed by atoms with van der Waals surface area (Å²) in [5.74, 6) is -0.528. The molecule has 3 heterocycles. The lowest BCUT2D eigenvalue weighted by Gasteiger charge is -2.36. The van der Waals surface area contributed by atoms with Gasteiger partial charge in [0.15, 0.2) is 0 Å². The lowest BCUT2D eigenvalue weighted by Crippen LogP contribution is -2.41. The molecule has 2 aromatic rings. The summed E-state index contributed by atoms with van der Waals surface area (Å²) in [5.41, 5.74) is 1.05. The first kappa shape index (κ1) is 21.1. The number of aromatic carboxylic acids is 1. The SMILES string of the molecule is O=C(O)c1cc(NS(=O)(=O)c2cccs2)ccc1N1CCC[C@@H](CN2CCCC2)C1. The van der Waals surface area contributed by atoms with Gasteiger partial charge < -0.3 is 14.9 Å². The van der Waals surface area contributed by atoms with E-state index in [-0.39, 0.29) is 15.5 Å². The Labute approximate surface area is 181 Å². The maximum atomic E-state index is 12.5. The van der Waals surface area contributed by atoms with Gasteiger partial charge in [0.2, 0.25) is 0 Å². The molecule has 7 nitrogen and oxygen atoms in total. The average molecular weight is 450 g/mol. The van der Waals surface area contributed by atoms with Gasteiger partial charge in [-0.05, 0) is 74.3 Å². The predicted molar refractivity (Wildman–Crippen MR) is 119 cm³/mol. The van der Waals surface area contributed by atoms with E-state index in [0.717, 1.165) is 56.9 Å². The molecule has 0 spiro atoms. The van der Waals surface area contributed by atoms with E-state index >= 15 is 0 Å². The maximum Gasteiger partial charge on any atom is 0.337 e. The van der Waals surface area contributed by atoms with Gasteiger partial charge in [0, 0.05) is 25.3 Å². The second kappa shape index (κ2) is 8.95. The van der Waals surface area contributed by atoms with Crippen molar-refractivity contribution in [3.05, 3.63) is 41.3 Å². The summed E-state index contributed by atoms with van der Waals surface area (Å²) >= 11 is 1.12. The molecule has 4 rings (SSSR count). The molecule has 0 amide bonds. The molecule has 0 radical (unpaired) electrons. The van der Waals surface area contributed by atoms with Crippen molar-refractivity contribution in [3.8, 4) is 0 Å². The van der Waals surface area contributed by atoms with Gasteiger partial charge in [0.25, 0.3) is 10.0 Å². The van der Waals surface area contributed by atoms with Crippen LogP contribution in [0, 0.1) is 5.92 Å². The fourth-order valence-electron chi connectivity index (χ4n) is 4.43. The van der Waals surface area contributed by atoms with Crippen LogP contribution in [0.3, 0.4) is 0 Å². The van der Waals surface area contributed by atoms with Crippen LogP contribution in [0.1, 0.15) is 36.0 Å². The third-order valence-electron chi connectivity index (χ3n) is 5.81. The number of benzene rings is 1. The van der Waals surface area contributed by atoms with Gasteiger partial charge in [-0.25, -0.2) is 13.2 Å². The molecule has 9 heteroatoms. The van der Waals surface area contributed by atoms with Crippen LogP contribution < -0.4 is 9.62 Å². The Balaban J connectivity index is 1.52. The summed E-state index contributed by atoms with van der Waals surface area (Å²) in [7, 11) is -3.72. The molecule has 30 heavy (non-hydrogen) atoms. The minimum absolute atomic E-state index is 0.128. The first-order valence-corrected chi connectivity index (χ1v) is 12.7. The minimum atomic E-state index is -3.72. The van der Waals surface area contributed by atoms with E-state index in [9.17, 15) is 18.3 Å². The van der Waals surface area contributed by atoms with Crippen LogP contribution in [0.15, 0.2) is 39.9 Å². The lowest BCUT2D eigenvalue weighted by molar-refractivity contribution is 0.0697. The molecule has 1 aromatic heterocycles. The Kier molecular flexibility index (Phi) is 6.31. The number of piperidine rings is 1. The highest BCUT2D eigenvalue weighted by atomic mass is 32.2. The Hall–Kier alpha value is -2.10. The van der Waals surface area contributed by atoms with Crippen LogP contribution in [0.5, 0.6) is 0 Å². The molecule has 1 atom stereocenters. The molecule has 0 bridgehead atoms. The largest absolute Gasteiger partial charge is 0.478 e. The molecule has 2 fully saturated rings. The van der Waals surface area contributed by atoms with Crippen molar-refractivity contribution < 1.29 is 18.3 Å². The minimum Gasteiger partial charge on any atom is -0.478 e. The summed E-state index contributed by atoms with van der Waals surface area (Å²) in [6.07, 6.45) is 4.73. The highest BCUT2D eigenvalue weighted by Gasteiger charge is 2.26. The van der Waals surface area contributed by atoms with Gasteiger partial charge in [-0.3, -0.25) is 4.72 Å². The second-order valence-electron chi connectivity index (χ2n) is 8.04.